The number of rotatable bonds is 4. The standard InChI is InChI=1S/C9H11FN2O3/c10-9-6(4-13)1-5(3-12-9)8(15)7(14)2-11/h1,3-4,7-8,14-15H,2,11H2. The molecule has 1 rings (SSSR count). The molecule has 0 aliphatic heterocycles. The number of nitrogens with zero attached hydrogens (tertiary/aromatic N) is 1. The first-order chi connectivity index (χ1) is 7.10. The fourth-order valence-electron chi connectivity index (χ4n) is 1.08. The lowest BCUT2D eigenvalue weighted by Crippen LogP contribution is -2.27. The van der Waals surface area contributed by atoms with Crippen molar-refractivity contribution in [2.45, 2.75) is 12.2 Å². The summed E-state index contributed by atoms with van der Waals surface area (Å²) in [5.74, 6) is -0.914. The molecule has 1 heterocycles. The number of hydrogen-bond donors (Lipinski definition) is 3. The highest BCUT2D eigenvalue weighted by molar-refractivity contribution is 5.74. The molecule has 6 heteroatoms. The maximum Gasteiger partial charge on any atom is 0.223 e. The van der Waals surface area contributed by atoms with Crippen molar-refractivity contribution in [3.63, 3.8) is 0 Å². The number of carbonyl (C=O) groups is 1. The van der Waals surface area contributed by atoms with E-state index in [2.05, 4.69) is 4.98 Å². The van der Waals surface area contributed by atoms with Gasteiger partial charge in [0.2, 0.25) is 5.95 Å². The van der Waals surface area contributed by atoms with Gasteiger partial charge in [-0.3, -0.25) is 4.79 Å². The molecule has 0 bridgehead atoms. The first-order valence-electron chi connectivity index (χ1n) is 4.27. The van der Waals surface area contributed by atoms with Crippen molar-refractivity contribution in [1.29, 1.82) is 0 Å². The predicted molar refractivity (Wildman–Crippen MR) is 49.6 cm³/mol. The van der Waals surface area contributed by atoms with E-state index >= 15 is 0 Å². The zero-order chi connectivity index (χ0) is 11.4. The normalized spacial score (nSPS) is 14.7. The molecule has 1 aromatic rings. The summed E-state index contributed by atoms with van der Waals surface area (Å²) in [4.78, 5) is 13.7. The molecule has 0 amide bonds. The lowest BCUT2D eigenvalue weighted by atomic mass is 10.1. The number of hydrogen-bond acceptors (Lipinski definition) is 5. The molecule has 0 aliphatic carbocycles. The van der Waals surface area contributed by atoms with Crippen LogP contribution in [0.5, 0.6) is 0 Å². The zero-order valence-corrected chi connectivity index (χ0v) is 7.80. The maximum atomic E-state index is 12.8. The molecule has 0 saturated carbocycles. The van der Waals surface area contributed by atoms with Crippen LogP contribution in [0, 0.1) is 5.95 Å². The van der Waals surface area contributed by atoms with Crippen LogP contribution < -0.4 is 5.73 Å². The Bertz CT molecular complexity index is 359. The Morgan fingerprint density at radius 3 is 2.80 bits per heavy atom. The Kier molecular flexibility index (Phi) is 3.84. The largest absolute Gasteiger partial charge is 0.389 e. The van der Waals surface area contributed by atoms with Crippen molar-refractivity contribution in [3.8, 4) is 0 Å². The molecule has 15 heavy (non-hydrogen) atoms. The summed E-state index contributed by atoms with van der Waals surface area (Å²) >= 11 is 0. The Hall–Kier alpha value is -1.37. The first kappa shape index (κ1) is 11.7. The van der Waals surface area contributed by atoms with Gasteiger partial charge in [-0.2, -0.15) is 4.39 Å². The molecule has 82 valence electrons. The molecule has 4 N–H and O–H groups in total. The number of aldehydes is 1. The lowest BCUT2D eigenvalue weighted by Gasteiger charge is -2.16. The van der Waals surface area contributed by atoms with Gasteiger partial charge in [-0.25, -0.2) is 4.98 Å². The summed E-state index contributed by atoms with van der Waals surface area (Å²) in [6, 6.07) is 1.12. The molecular formula is C9H11FN2O3. The number of aliphatic hydroxyl groups is 2. The number of halogens is 1. The number of nitrogens with two attached hydrogens (primary N) is 1. The summed E-state index contributed by atoms with van der Waals surface area (Å²) in [5.41, 5.74) is 5.02. The van der Waals surface area contributed by atoms with Crippen molar-refractivity contribution in [2.24, 2.45) is 5.73 Å². The second-order valence-corrected chi connectivity index (χ2v) is 3.01. The monoisotopic (exact) mass is 214 g/mol. The van der Waals surface area contributed by atoms with Crippen LogP contribution in [0.15, 0.2) is 12.3 Å². The van der Waals surface area contributed by atoms with Crippen molar-refractivity contribution < 1.29 is 19.4 Å². The van der Waals surface area contributed by atoms with Crippen LogP contribution in [-0.2, 0) is 0 Å². The van der Waals surface area contributed by atoms with Gasteiger partial charge in [0.05, 0.1) is 11.7 Å². The summed E-state index contributed by atoms with van der Waals surface area (Å²) in [6.07, 6.45) is -1.11. The number of aromatic nitrogens is 1. The van der Waals surface area contributed by atoms with Gasteiger partial charge >= 0.3 is 0 Å². The number of pyridine rings is 1. The summed E-state index contributed by atoms with van der Waals surface area (Å²) < 4.78 is 12.8. The molecule has 1 aromatic heterocycles. The minimum Gasteiger partial charge on any atom is -0.389 e. The molecule has 2 atom stereocenters. The Morgan fingerprint density at radius 1 is 1.60 bits per heavy atom. The molecule has 0 fully saturated rings. The third-order valence-corrected chi connectivity index (χ3v) is 1.96. The average Bonchev–Trinajstić information content (AvgIpc) is 2.27. The van der Waals surface area contributed by atoms with Crippen LogP contribution in [-0.4, -0.2) is 34.1 Å². The van der Waals surface area contributed by atoms with E-state index in [1.54, 1.807) is 0 Å². The smallest absolute Gasteiger partial charge is 0.223 e. The van der Waals surface area contributed by atoms with Gasteiger partial charge in [-0.1, -0.05) is 0 Å². The predicted octanol–water partition coefficient (Wildman–Crippen LogP) is -0.614. The molecular weight excluding hydrogens is 203 g/mol. The Labute approximate surface area is 85.4 Å². The van der Waals surface area contributed by atoms with E-state index in [1.165, 1.54) is 0 Å². The molecule has 5 nitrogen and oxygen atoms in total. The van der Waals surface area contributed by atoms with Crippen molar-refractivity contribution >= 4 is 6.29 Å². The van der Waals surface area contributed by atoms with Gasteiger partial charge < -0.3 is 15.9 Å². The van der Waals surface area contributed by atoms with Crippen molar-refractivity contribution in [2.75, 3.05) is 6.54 Å². The molecule has 0 radical (unpaired) electrons. The van der Waals surface area contributed by atoms with Gasteiger partial charge in [0, 0.05) is 18.3 Å². The third-order valence-electron chi connectivity index (χ3n) is 1.96. The van der Waals surface area contributed by atoms with Gasteiger partial charge in [-0.15, -0.1) is 0 Å². The second kappa shape index (κ2) is 4.92. The van der Waals surface area contributed by atoms with E-state index in [9.17, 15) is 19.4 Å². The number of aliphatic hydroxyl groups excluding tert-OH is 2. The first-order valence-corrected chi connectivity index (χ1v) is 4.27. The quantitative estimate of drug-likeness (QED) is 0.458. The fourth-order valence-corrected chi connectivity index (χ4v) is 1.08. The zero-order valence-electron chi connectivity index (χ0n) is 7.80. The Morgan fingerprint density at radius 2 is 2.27 bits per heavy atom. The van der Waals surface area contributed by atoms with E-state index in [-0.39, 0.29) is 24.0 Å². The van der Waals surface area contributed by atoms with Gasteiger partial charge in [0.15, 0.2) is 6.29 Å². The fraction of sp³-hybridized carbons (Fsp3) is 0.333. The van der Waals surface area contributed by atoms with Crippen LogP contribution in [0.1, 0.15) is 22.0 Å². The highest BCUT2D eigenvalue weighted by Gasteiger charge is 2.18. The lowest BCUT2D eigenvalue weighted by molar-refractivity contribution is 0.0240. The van der Waals surface area contributed by atoms with E-state index in [0.717, 1.165) is 12.3 Å². The topological polar surface area (TPSA) is 96.4 Å². The molecule has 0 spiro atoms. The third kappa shape index (κ3) is 2.56. The highest BCUT2D eigenvalue weighted by Crippen LogP contribution is 2.17. The summed E-state index contributed by atoms with van der Waals surface area (Å²) in [6.45, 7) is -0.144. The van der Waals surface area contributed by atoms with E-state index in [4.69, 9.17) is 5.73 Å². The molecule has 0 aliphatic rings. The maximum absolute atomic E-state index is 12.8. The average molecular weight is 214 g/mol. The van der Waals surface area contributed by atoms with Gasteiger partial charge in [0.25, 0.3) is 0 Å². The van der Waals surface area contributed by atoms with Crippen LogP contribution >= 0.6 is 0 Å². The minimum absolute atomic E-state index is 0.144. The van der Waals surface area contributed by atoms with Crippen molar-refractivity contribution in [1.82, 2.24) is 4.98 Å². The van der Waals surface area contributed by atoms with Gasteiger partial charge in [-0.05, 0) is 6.07 Å². The van der Waals surface area contributed by atoms with Crippen LogP contribution in [0.4, 0.5) is 4.39 Å². The minimum atomic E-state index is -1.28. The molecule has 0 saturated heterocycles. The van der Waals surface area contributed by atoms with E-state index in [1.807, 2.05) is 0 Å². The second-order valence-electron chi connectivity index (χ2n) is 3.01. The number of carbonyl (C=O) groups excluding carboxylic acids is 1. The summed E-state index contributed by atoms with van der Waals surface area (Å²) in [7, 11) is 0. The molecule has 2 unspecified atom stereocenters. The van der Waals surface area contributed by atoms with E-state index in [0.29, 0.717) is 0 Å². The molecule has 0 aromatic carbocycles. The van der Waals surface area contributed by atoms with Gasteiger partial charge in [0.1, 0.15) is 6.10 Å². The summed E-state index contributed by atoms with van der Waals surface area (Å²) in [5, 5.41) is 18.7. The Balaban J connectivity index is 3.00. The highest BCUT2D eigenvalue weighted by atomic mass is 19.1. The van der Waals surface area contributed by atoms with Crippen molar-refractivity contribution in [3.05, 3.63) is 29.3 Å². The van der Waals surface area contributed by atoms with Crippen LogP contribution in [0.25, 0.3) is 0 Å². The SMILES string of the molecule is NCC(O)C(O)c1cnc(F)c(C=O)c1. The van der Waals surface area contributed by atoms with E-state index < -0.39 is 18.2 Å². The van der Waals surface area contributed by atoms with Crippen LogP contribution in [0.2, 0.25) is 0 Å². The van der Waals surface area contributed by atoms with Crippen LogP contribution in [0.3, 0.4) is 0 Å².